The number of carbonyl (C=O) groups excluding carboxylic acids is 1. The number of nitrogens with one attached hydrogen (secondary N) is 1. The van der Waals surface area contributed by atoms with Gasteiger partial charge in [0.2, 0.25) is 5.91 Å². The lowest BCUT2D eigenvalue weighted by molar-refractivity contribution is -0.302. The summed E-state index contributed by atoms with van der Waals surface area (Å²) in [7, 11) is 0. The first-order valence-corrected chi connectivity index (χ1v) is 37.2. The van der Waals surface area contributed by atoms with Gasteiger partial charge in [-0.3, -0.25) is 4.79 Å². The van der Waals surface area contributed by atoms with Gasteiger partial charge in [-0.1, -0.05) is 365 Å². The second-order valence-corrected chi connectivity index (χ2v) is 26.1. The Morgan fingerprint density at radius 2 is 0.679 bits per heavy atom. The molecule has 9 heteroatoms. The summed E-state index contributed by atoms with van der Waals surface area (Å²) >= 11 is 0. The fourth-order valence-corrected chi connectivity index (χ4v) is 12.1. The third kappa shape index (κ3) is 52.4. The molecule has 1 saturated heterocycles. The molecule has 0 aromatic heterocycles. The number of hydrogen-bond donors (Lipinski definition) is 6. The van der Waals surface area contributed by atoms with E-state index in [4.69, 9.17) is 9.47 Å². The van der Waals surface area contributed by atoms with E-state index in [-0.39, 0.29) is 12.5 Å². The van der Waals surface area contributed by atoms with Gasteiger partial charge in [-0.15, -0.1) is 0 Å². The summed E-state index contributed by atoms with van der Waals surface area (Å²) < 4.78 is 11.3. The standard InChI is InChI=1S/C75H143NO8/c1-3-5-7-9-11-13-15-17-19-21-23-25-27-29-31-32-33-34-35-36-37-38-39-41-43-45-47-49-51-53-55-57-59-61-63-65-71(79)76-68(67-83-75-74(82)73(81)72(80)70(66-77)84-75)69(78)64-62-60-58-56-54-52-50-48-46-44-42-40-30-28-26-24-22-20-18-16-14-12-10-8-6-4-2/h46,48,54,56,62,64,68-70,72-75,77-78,80-82H,3-45,47,49-53,55,57-61,63,65-67H2,1-2H3,(H,76,79)/b48-46+,56-54+,64-62+. The van der Waals surface area contributed by atoms with Crippen molar-refractivity contribution in [1.29, 1.82) is 0 Å². The van der Waals surface area contributed by atoms with Gasteiger partial charge in [0.25, 0.3) is 0 Å². The average Bonchev–Trinajstić information content (AvgIpc) is 3.69. The van der Waals surface area contributed by atoms with Gasteiger partial charge in [0.05, 0.1) is 25.4 Å². The number of rotatable bonds is 66. The zero-order chi connectivity index (χ0) is 60.7. The van der Waals surface area contributed by atoms with E-state index >= 15 is 0 Å². The Morgan fingerprint density at radius 3 is 1.00 bits per heavy atom. The third-order valence-electron chi connectivity index (χ3n) is 17.9. The highest BCUT2D eigenvalue weighted by atomic mass is 16.7. The summed E-state index contributed by atoms with van der Waals surface area (Å²) in [6, 6.07) is -0.828. The molecule has 1 aliphatic rings. The molecular weight excluding hydrogens is 1040 g/mol. The van der Waals surface area contributed by atoms with E-state index in [9.17, 15) is 30.3 Å². The Hall–Kier alpha value is -1.59. The van der Waals surface area contributed by atoms with Crippen LogP contribution in [0.2, 0.25) is 0 Å². The summed E-state index contributed by atoms with van der Waals surface area (Å²) in [5, 5.41) is 54.8. The smallest absolute Gasteiger partial charge is 0.220 e. The van der Waals surface area contributed by atoms with Crippen molar-refractivity contribution in [3.8, 4) is 0 Å². The molecule has 0 radical (unpaired) electrons. The van der Waals surface area contributed by atoms with E-state index < -0.39 is 49.5 Å². The minimum Gasteiger partial charge on any atom is -0.394 e. The quantitative estimate of drug-likeness (QED) is 0.0261. The third-order valence-corrected chi connectivity index (χ3v) is 17.9. The van der Waals surface area contributed by atoms with Crippen molar-refractivity contribution < 1.29 is 39.8 Å². The minimum absolute atomic E-state index is 0.183. The molecule has 0 saturated carbocycles. The topological polar surface area (TPSA) is 149 Å². The Labute approximate surface area is 521 Å². The highest BCUT2D eigenvalue weighted by molar-refractivity contribution is 5.76. The van der Waals surface area contributed by atoms with Gasteiger partial charge in [0, 0.05) is 6.42 Å². The lowest BCUT2D eigenvalue weighted by Crippen LogP contribution is -2.60. The van der Waals surface area contributed by atoms with Gasteiger partial charge in [0.15, 0.2) is 6.29 Å². The van der Waals surface area contributed by atoms with E-state index in [1.54, 1.807) is 6.08 Å². The summed E-state index contributed by atoms with van der Waals surface area (Å²) in [5.74, 6) is -0.183. The second kappa shape index (κ2) is 64.4. The van der Waals surface area contributed by atoms with Gasteiger partial charge in [-0.2, -0.15) is 0 Å². The van der Waals surface area contributed by atoms with E-state index in [1.807, 2.05) is 6.08 Å². The fourth-order valence-electron chi connectivity index (χ4n) is 12.1. The second-order valence-electron chi connectivity index (χ2n) is 26.1. The number of amides is 1. The highest BCUT2D eigenvalue weighted by Gasteiger charge is 2.44. The first-order valence-electron chi connectivity index (χ1n) is 37.2. The van der Waals surface area contributed by atoms with Crippen molar-refractivity contribution in [1.82, 2.24) is 5.32 Å². The normalized spacial score (nSPS) is 18.3. The van der Waals surface area contributed by atoms with Crippen LogP contribution in [0, 0.1) is 0 Å². The molecule has 84 heavy (non-hydrogen) atoms. The minimum atomic E-state index is -1.58. The Kier molecular flexibility index (Phi) is 61.7. The number of hydrogen-bond acceptors (Lipinski definition) is 8. The summed E-state index contributed by atoms with van der Waals surface area (Å²) in [5.41, 5.74) is 0. The van der Waals surface area contributed by atoms with Crippen LogP contribution in [0.3, 0.4) is 0 Å². The van der Waals surface area contributed by atoms with E-state index in [2.05, 4.69) is 43.5 Å². The zero-order valence-electron chi connectivity index (χ0n) is 55.7. The summed E-state index contributed by atoms with van der Waals surface area (Å²) in [4.78, 5) is 13.1. The highest BCUT2D eigenvalue weighted by Crippen LogP contribution is 2.24. The summed E-state index contributed by atoms with van der Waals surface area (Å²) in [6.45, 7) is 3.82. The van der Waals surface area contributed by atoms with Crippen LogP contribution in [0.25, 0.3) is 0 Å². The maximum absolute atomic E-state index is 13.1. The van der Waals surface area contributed by atoms with Gasteiger partial charge >= 0.3 is 0 Å². The Morgan fingerprint density at radius 1 is 0.393 bits per heavy atom. The Balaban J connectivity index is 2.10. The van der Waals surface area contributed by atoms with Crippen LogP contribution in [0.5, 0.6) is 0 Å². The molecule has 0 spiro atoms. The molecule has 1 aliphatic heterocycles. The molecule has 1 heterocycles. The molecule has 1 rings (SSSR count). The molecule has 496 valence electrons. The van der Waals surface area contributed by atoms with Crippen molar-refractivity contribution in [2.75, 3.05) is 13.2 Å². The molecular formula is C75H143NO8. The number of allylic oxidation sites excluding steroid dienone is 5. The van der Waals surface area contributed by atoms with Crippen LogP contribution in [0.15, 0.2) is 36.5 Å². The van der Waals surface area contributed by atoms with Crippen LogP contribution in [0.4, 0.5) is 0 Å². The molecule has 0 aliphatic carbocycles. The molecule has 0 bridgehead atoms. The van der Waals surface area contributed by atoms with Crippen molar-refractivity contribution in [3.63, 3.8) is 0 Å². The number of carbonyl (C=O) groups is 1. The molecule has 0 aromatic rings. The van der Waals surface area contributed by atoms with Gasteiger partial charge in [-0.05, 0) is 44.9 Å². The van der Waals surface area contributed by atoms with Crippen LogP contribution >= 0.6 is 0 Å². The summed E-state index contributed by atoms with van der Waals surface area (Å²) in [6.07, 6.45) is 80.0. The predicted octanol–water partition coefficient (Wildman–Crippen LogP) is 20.6. The van der Waals surface area contributed by atoms with Crippen LogP contribution in [-0.2, 0) is 14.3 Å². The van der Waals surface area contributed by atoms with Crippen LogP contribution < -0.4 is 5.32 Å². The number of aliphatic hydroxyl groups is 5. The first-order chi connectivity index (χ1) is 41.3. The maximum Gasteiger partial charge on any atom is 0.220 e. The largest absolute Gasteiger partial charge is 0.394 e. The molecule has 0 aromatic carbocycles. The zero-order valence-corrected chi connectivity index (χ0v) is 55.7. The van der Waals surface area contributed by atoms with Crippen LogP contribution in [-0.4, -0.2) is 87.5 Å². The van der Waals surface area contributed by atoms with Gasteiger partial charge < -0.3 is 40.3 Å². The van der Waals surface area contributed by atoms with Crippen molar-refractivity contribution in [2.24, 2.45) is 0 Å². The van der Waals surface area contributed by atoms with Gasteiger partial charge in [-0.25, -0.2) is 0 Å². The number of aliphatic hydroxyl groups excluding tert-OH is 5. The molecule has 1 fully saturated rings. The van der Waals surface area contributed by atoms with Crippen LogP contribution in [0.1, 0.15) is 380 Å². The van der Waals surface area contributed by atoms with Gasteiger partial charge in [0.1, 0.15) is 24.4 Å². The van der Waals surface area contributed by atoms with Crippen molar-refractivity contribution >= 4 is 5.91 Å². The molecule has 1 amide bonds. The number of ether oxygens (including phenoxy) is 2. The Bertz CT molecular complexity index is 1420. The SMILES string of the molecule is CCCCCCCCCCCCCCCCCC/C=C/CC/C=C/CC/C=C/C(O)C(COC1OC(CO)C(O)C(O)C1O)NC(=O)CCCCCCCCCCCCCCCCCCCCCCCCCCCCCCCCCCCCC. The van der Waals surface area contributed by atoms with Crippen molar-refractivity contribution in [3.05, 3.63) is 36.5 Å². The van der Waals surface area contributed by atoms with E-state index in [1.165, 1.54) is 315 Å². The van der Waals surface area contributed by atoms with E-state index in [0.29, 0.717) is 6.42 Å². The maximum atomic E-state index is 13.1. The fraction of sp³-hybridized carbons (Fsp3) is 0.907. The lowest BCUT2D eigenvalue weighted by Gasteiger charge is -2.40. The molecule has 9 nitrogen and oxygen atoms in total. The first kappa shape index (κ1) is 80.4. The van der Waals surface area contributed by atoms with E-state index in [0.717, 1.165) is 44.9 Å². The lowest BCUT2D eigenvalue weighted by atomic mass is 9.99. The number of unbranched alkanes of at least 4 members (excludes halogenated alkanes) is 52. The molecule has 6 N–H and O–H groups in total. The predicted molar refractivity (Wildman–Crippen MR) is 360 cm³/mol. The molecule has 7 atom stereocenters. The van der Waals surface area contributed by atoms with Crippen molar-refractivity contribution in [2.45, 2.75) is 423 Å². The molecule has 7 unspecified atom stereocenters. The average molecular weight is 1190 g/mol. The monoisotopic (exact) mass is 1190 g/mol.